The second-order valence-electron chi connectivity index (χ2n) is 5.45. The highest BCUT2D eigenvalue weighted by Gasteiger charge is 2.12. The summed E-state index contributed by atoms with van der Waals surface area (Å²) in [6, 6.07) is 5.43. The molecule has 0 saturated heterocycles. The maximum absolute atomic E-state index is 12.4. The van der Waals surface area contributed by atoms with Crippen molar-refractivity contribution in [3.63, 3.8) is 0 Å². The van der Waals surface area contributed by atoms with E-state index in [0.717, 1.165) is 18.4 Å². The van der Waals surface area contributed by atoms with Crippen LogP contribution in [0, 0.1) is 0 Å². The number of esters is 1. The van der Waals surface area contributed by atoms with Gasteiger partial charge >= 0.3 is 5.97 Å². The summed E-state index contributed by atoms with van der Waals surface area (Å²) in [6.45, 7) is 3.02. The molecule has 1 aromatic carbocycles. The molecule has 0 aliphatic heterocycles. The summed E-state index contributed by atoms with van der Waals surface area (Å²) < 4.78 is 15.1. The topological polar surface area (TPSA) is 65.1 Å². The Labute approximate surface area is 149 Å². The van der Waals surface area contributed by atoms with Gasteiger partial charge in [0.1, 0.15) is 0 Å². The third-order valence-electron chi connectivity index (χ3n) is 3.73. The maximum Gasteiger partial charge on any atom is 0.307 e. The Morgan fingerprint density at radius 3 is 2.40 bits per heavy atom. The standard InChI is InChI=1S/C19H27NO5/c1-5-6-12-20(13-11-19(22)25-4)18(21)10-8-15-7-9-16(23-2)17(14-15)24-3/h7-10,14H,5-6,11-13H2,1-4H3/b10-8+. The largest absolute Gasteiger partial charge is 0.493 e. The number of carbonyl (C=O) groups excluding carboxylic acids is 2. The summed E-state index contributed by atoms with van der Waals surface area (Å²) in [6.07, 6.45) is 5.28. The molecule has 25 heavy (non-hydrogen) atoms. The van der Waals surface area contributed by atoms with Crippen LogP contribution in [0.3, 0.4) is 0 Å². The first kappa shape index (κ1) is 20.5. The summed E-state index contributed by atoms with van der Waals surface area (Å²) in [5, 5.41) is 0. The van der Waals surface area contributed by atoms with Crippen molar-refractivity contribution in [1.29, 1.82) is 0 Å². The summed E-state index contributed by atoms with van der Waals surface area (Å²) in [5.41, 5.74) is 0.828. The fraction of sp³-hybridized carbons (Fsp3) is 0.474. The molecule has 0 atom stereocenters. The van der Waals surface area contributed by atoms with Crippen LogP contribution in [-0.4, -0.2) is 51.2 Å². The van der Waals surface area contributed by atoms with E-state index in [2.05, 4.69) is 11.7 Å². The van der Waals surface area contributed by atoms with Crippen molar-refractivity contribution in [2.24, 2.45) is 0 Å². The number of carbonyl (C=O) groups is 2. The number of amides is 1. The zero-order chi connectivity index (χ0) is 18.7. The maximum atomic E-state index is 12.4. The Balaban J connectivity index is 2.79. The second-order valence-corrected chi connectivity index (χ2v) is 5.45. The van der Waals surface area contributed by atoms with Crippen molar-refractivity contribution in [1.82, 2.24) is 4.90 Å². The third-order valence-corrected chi connectivity index (χ3v) is 3.73. The van der Waals surface area contributed by atoms with Gasteiger partial charge in [0, 0.05) is 19.2 Å². The molecule has 0 aromatic heterocycles. The lowest BCUT2D eigenvalue weighted by atomic mass is 10.2. The van der Waals surface area contributed by atoms with Crippen LogP contribution < -0.4 is 9.47 Å². The summed E-state index contributed by atoms with van der Waals surface area (Å²) >= 11 is 0. The normalized spacial score (nSPS) is 10.6. The minimum Gasteiger partial charge on any atom is -0.493 e. The first-order valence-electron chi connectivity index (χ1n) is 8.31. The Kier molecular flexibility index (Phi) is 9.14. The molecule has 6 nitrogen and oxygen atoms in total. The summed E-state index contributed by atoms with van der Waals surface area (Å²) in [5.74, 6) is 0.782. The lowest BCUT2D eigenvalue weighted by molar-refractivity contribution is -0.141. The molecule has 0 radical (unpaired) electrons. The number of methoxy groups -OCH3 is 3. The number of ether oxygens (including phenoxy) is 3. The molecule has 0 unspecified atom stereocenters. The van der Waals surface area contributed by atoms with Crippen LogP contribution >= 0.6 is 0 Å². The Morgan fingerprint density at radius 1 is 1.08 bits per heavy atom. The van der Waals surface area contributed by atoms with Crippen molar-refractivity contribution in [2.45, 2.75) is 26.2 Å². The molecular weight excluding hydrogens is 322 g/mol. The fourth-order valence-electron chi connectivity index (χ4n) is 2.24. The minimum atomic E-state index is -0.321. The fourth-order valence-corrected chi connectivity index (χ4v) is 2.24. The highest BCUT2D eigenvalue weighted by Crippen LogP contribution is 2.27. The molecule has 0 fully saturated rings. The van der Waals surface area contributed by atoms with Gasteiger partial charge in [0.2, 0.25) is 5.91 Å². The molecule has 0 spiro atoms. The Bertz CT molecular complexity index is 597. The third kappa shape index (κ3) is 6.87. The van der Waals surface area contributed by atoms with Gasteiger partial charge in [0.05, 0.1) is 27.8 Å². The van der Waals surface area contributed by atoms with E-state index in [9.17, 15) is 9.59 Å². The predicted molar refractivity (Wildman–Crippen MR) is 96.7 cm³/mol. The highest BCUT2D eigenvalue weighted by molar-refractivity contribution is 5.92. The van der Waals surface area contributed by atoms with Crippen LogP contribution in [0.1, 0.15) is 31.7 Å². The van der Waals surface area contributed by atoms with E-state index in [1.165, 1.54) is 13.2 Å². The van der Waals surface area contributed by atoms with Gasteiger partial charge < -0.3 is 19.1 Å². The lowest BCUT2D eigenvalue weighted by Crippen LogP contribution is -2.32. The first-order chi connectivity index (χ1) is 12.0. The van der Waals surface area contributed by atoms with Crippen molar-refractivity contribution < 1.29 is 23.8 Å². The van der Waals surface area contributed by atoms with Crippen LogP contribution in [0.4, 0.5) is 0 Å². The minimum absolute atomic E-state index is 0.132. The monoisotopic (exact) mass is 349 g/mol. The molecular formula is C19H27NO5. The van der Waals surface area contributed by atoms with E-state index in [1.807, 2.05) is 6.07 Å². The van der Waals surface area contributed by atoms with Gasteiger partial charge in [-0.05, 0) is 30.2 Å². The summed E-state index contributed by atoms with van der Waals surface area (Å²) in [4.78, 5) is 25.4. The van der Waals surface area contributed by atoms with E-state index in [1.54, 1.807) is 37.3 Å². The van der Waals surface area contributed by atoms with E-state index < -0.39 is 0 Å². The zero-order valence-electron chi connectivity index (χ0n) is 15.4. The molecule has 1 amide bonds. The van der Waals surface area contributed by atoms with Gasteiger partial charge in [-0.2, -0.15) is 0 Å². The lowest BCUT2D eigenvalue weighted by Gasteiger charge is -2.20. The van der Waals surface area contributed by atoms with Crippen LogP contribution in [0.2, 0.25) is 0 Å². The molecule has 0 N–H and O–H groups in total. The molecule has 0 aliphatic carbocycles. The van der Waals surface area contributed by atoms with Gasteiger partial charge in [-0.15, -0.1) is 0 Å². The number of benzene rings is 1. The van der Waals surface area contributed by atoms with E-state index in [4.69, 9.17) is 9.47 Å². The predicted octanol–water partition coefficient (Wildman–Crippen LogP) is 2.91. The molecule has 0 saturated carbocycles. The van der Waals surface area contributed by atoms with Gasteiger partial charge in [-0.1, -0.05) is 19.4 Å². The van der Waals surface area contributed by atoms with E-state index in [0.29, 0.717) is 24.6 Å². The quantitative estimate of drug-likeness (QED) is 0.480. The molecule has 0 aliphatic rings. The summed E-state index contributed by atoms with van der Waals surface area (Å²) in [7, 11) is 4.48. The molecule has 1 rings (SSSR count). The average Bonchev–Trinajstić information content (AvgIpc) is 2.65. The first-order valence-corrected chi connectivity index (χ1v) is 8.31. The second kappa shape index (κ2) is 11.1. The zero-order valence-corrected chi connectivity index (χ0v) is 15.4. The van der Waals surface area contributed by atoms with Gasteiger partial charge in [0.15, 0.2) is 11.5 Å². The smallest absolute Gasteiger partial charge is 0.307 e. The average molecular weight is 349 g/mol. The highest BCUT2D eigenvalue weighted by atomic mass is 16.5. The van der Waals surface area contributed by atoms with Crippen molar-refractivity contribution in [2.75, 3.05) is 34.4 Å². The van der Waals surface area contributed by atoms with Crippen LogP contribution in [0.25, 0.3) is 6.08 Å². The molecule has 0 bridgehead atoms. The van der Waals surface area contributed by atoms with E-state index in [-0.39, 0.29) is 18.3 Å². The number of unbranched alkanes of at least 4 members (excludes halogenated alkanes) is 1. The van der Waals surface area contributed by atoms with Crippen LogP contribution in [0.5, 0.6) is 11.5 Å². The molecule has 0 heterocycles. The SMILES string of the molecule is CCCCN(CCC(=O)OC)C(=O)/C=C/c1ccc(OC)c(OC)c1. The number of rotatable bonds is 10. The van der Waals surface area contributed by atoms with Crippen LogP contribution in [0.15, 0.2) is 24.3 Å². The number of nitrogens with zero attached hydrogens (tertiary/aromatic N) is 1. The van der Waals surface area contributed by atoms with Gasteiger partial charge in [-0.3, -0.25) is 9.59 Å². The molecule has 6 heteroatoms. The van der Waals surface area contributed by atoms with Gasteiger partial charge in [-0.25, -0.2) is 0 Å². The number of hydrogen-bond acceptors (Lipinski definition) is 5. The molecule has 138 valence electrons. The van der Waals surface area contributed by atoms with Crippen molar-refractivity contribution >= 4 is 18.0 Å². The Morgan fingerprint density at radius 2 is 1.80 bits per heavy atom. The van der Waals surface area contributed by atoms with Gasteiger partial charge in [0.25, 0.3) is 0 Å². The van der Waals surface area contributed by atoms with Crippen molar-refractivity contribution in [3.05, 3.63) is 29.8 Å². The van der Waals surface area contributed by atoms with Crippen molar-refractivity contribution in [3.8, 4) is 11.5 Å². The van der Waals surface area contributed by atoms with Crippen LogP contribution in [-0.2, 0) is 14.3 Å². The number of hydrogen-bond donors (Lipinski definition) is 0. The molecule has 1 aromatic rings. The van der Waals surface area contributed by atoms with E-state index >= 15 is 0 Å². The Hall–Kier alpha value is -2.50.